The van der Waals surface area contributed by atoms with E-state index in [4.69, 9.17) is 9.47 Å². The molecule has 0 heterocycles. The van der Waals surface area contributed by atoms with Crippen LogP contribution < -0.4 is 14.8 Å². The van der Waals surface area contributed by atoms with Gasteiger partial charge in [-0.15, -0.1) is 0 Å². The van der Waals surface area contributed by atoms with Crippen LogP contribution in [-0.2, 0) is 5.41 Å². The minimum absolute atomic E-state index is 0.0158. The molecule has 1 aromatic carbocycles. The molecule has 0 aliphatic rings. The van der Waals surface area contributed by atoms with Crippen molar-refractivity contribution in [3.05, 3.63) is 23.8 Å². The van der Waals surface area contributed by atoms with E-state index in [-0.39, 0.29) is 5.41 Å². The Kier molecular flexibility index (Phi) is 5.03. The summed E-state index contributed by atoms with van der Waals surface area (Å²) < 4.78 is 10.7. The monoisotopic (exact) mass is 251 g/mol. The molecule has 0 spiro atoms. The van der Waals surface area contributed by atoms with Crippen molar-refractivity contribution in [2.75, 3.05) is 20.8 Å². The maximum Gasteiger partial charge on any atom is 0.126 e. The van der Waals surface area contributed by atoms with Gasteiger partial charge >= 0.3 is 0 Å². The first kappa shape index (κ1) is 14.8. The van der Waals surface area contributed by atoms with E-state index in [1.807, 2.05) is 12.1 Å². The van der Waals surface area contributed by atoms with Gasteiger partial charge in [0.25, 0.3) is 0 Å². The summed E-state index contributed by atoms with van der Waals surface area (Å²) in [7, 11) is 3.37. The molecular weight excluding hydrogens is 226 g/mol. The SMILES string of the molecule is COc1ccc(C(C)(C)CNC(C)C)c(OC)c1. The van der Waals surface area contributed by atoms with Gasteiger partial charge in [0.2, 0.25) is 0 Å². The fourth-order valence-corrected chi connectivity index (χ4v) is 1.91. The van der Waals surface area contributed by atoms with Crippen molar-refractivity contribution in [1.29, 1.82) is 0 Å². The lowest BCUT2D eigenvalue weighted by Crippen LogP contribution is -2.36. The average Bonchev–Trinajstić information content (AvgIpc) is 2.35. The van der Waals surface area contributed by atoms with Gasteiger partial charge in [-0.25, -0.2) is 0 Å². The molecule has 0 saturated carbocycles. The second-order valence-electron chi connectivity index (χ2n) is 5.49. The molecule has 0 radical (unpaired) electrons. The van der Waals surface area contributed by atoms with Crippen LogP contribution in [0.5, 0.6) is 11.5 Å². The second kappa shape index (κ2) is 6.10. The lowest BCUT2D eigenvalue weighted by atomic mass is 9.83. The van der Waals surface area contributed by atoms with Gasteiger partial charge in [-0.3, -0.25) is 0 Å². The summed E-state index contributed by atoms with van der Waals surface area (Å²) in [5, 5.41) is 3.48. The Morgan fingerprint density at radius 1 is 1.17 bits per heavy atom. The number of hydrogen-bond acceptors (Lipinski definition) is 3. The van der Waals surface area contributed by atoms with Gasteiger partial charge in [-0.05, 0) is 6.07 Å². The van der Waals surface area contributed by atoms with Crippen LogP contribution in [-0.4, -0.2) is 26.8 Å². The molecule has 3 nitrogen and oxygen atoms in total. The van der Waals surface area contributed by atoms with E-state index in [9.17, 15) is 0 Å². The molecule has 0 aromatic heterocycles. The highest BCUT2D eigenvalue weighted by atomic mass is 16.5. The topological polar surface area (TPSA) is 30.5 Å². The number of hydrogen-bond donors (Lipinski definition) is 1. The highest BCUT2D eigenvalue weighted by Gasteiger charge is 2.24. The second-order valence-corrected chi connectivity index (χ2v) is 5.49. The Labute approximate surface area is 110 Å². The maximum atomic E-state index is 5.47. The standard InChI is InChI=1S/C15H25NO2/c1-11(2)16-10-15(3,4)13-8-7-12(17-5)9-14(13)18-6/h7-9,11,16H,10H2,1-6H3. The highest BCUT2D eigenvalue weighted by molar-refractivity contribution is 5.44. The van der Waals surface area contributed by atoms with Crippen LogP contribution in [0.3, 0.4) is 0 Å². The summed E-state index contributed by atoms with van der Waals surface area (Å²) in [5.74, 6) is 1.70. The Hall–Kier alpha value is -1.22. The third-order valence-corrected chi connectivity index (χ3v) is 3.09. The summed E-state index contributed by atoms with van der Waals surface area (Å²) in [6.07, 6.45) is 0. The first-order valence-corrected chi connectivity index (χ1v) is 6.36. The number of nitrogens with one attached hydrogen (secondary N) is 1. The number of benzene rings is 1. The van der Waals surface area contributed by atoms with Crippen LogP contribution in [0.2, 0.25) is 0 Å². The zero-order valence-corrected chi connectivity index (χ0v) is 12.3. The number of ether oxygens (including phenoxy) is 2. The van der Waals surface area contributed by atoms with Gasteiger partial charge in [-0.1, -0.05) is 33.8 Å². The molecule has 0 aliphatic heterocycles. The molecule has 0 unspecified atom stereocenters. The van der Waals surface area contributed by atoms with Crippen LogP contribution in [0.15, 0.2) is 18.2 Å². The van der Waals surface area contributed by atoms with E-state index >= 15 is 0 Å². The van der Waals surface area contributed by atoms with Crippen molar-refractivity contribution in [1.82, 2.24) is 5.32 Å². The Morgan fingerprint density at radius 3 is 2.33 bits per heavy atom. The van der Waals surface area contributed by atoms with E-state index < -0.39 is 0 Å². The van der Waals surface area contributed by atoms with Crippen molar-refractivity contribution >= 4 is 0 Å². The van der Waals surface area contributed by atoms with Gasteiger partial charge in [0.05, 0.1) is 14.2 Å². The van der Waals surface area contributed by atoms with E-state index in [1.165, 1.54) is 5.56 Å². The summed E-state index contributed by atoms with van der Waals surface area (Å²) in [6.45, 7) is 9.65. The summed E-state index contributed by atoms with van der Waals surface area (Å²) >= 11 is 0. The Morgan fingerprint density at radius 2 is 1.83 bits per heavy atom. The van der Waals surface area contributed by atoms with Gasteiger partial charge in [-0.2, -0.15) is 0 Å². The van der Waals surface area contributed by atoms with E-state index in [1.54, 1.807) is 14.2 Å². The molecule has 0 amide bonds. The van der Waals surface area contributed by atoms with Crippen LogP contribution in [0, 0.1) is 0 Å². The largest absolute Gasteiger partial charge is 0.497 e. The van der Waals surface area contributed by atoms with Crippen molar-refractivity contribution in [3.8, 4) is 11.5 Å². The average molecular weight is 251 g/mol. The molecule has 1 N–H and O–H groups in total. The van der Waals surface area contributed by atoms with Crippen molar-refractivity contribution in [2.45, 2.75) is 39.2 Å². The molecule has 0 atom stereocenters. The molecule has 1 rings (SSSR count). The maximum absolute atomic E-state index is 5.47. The van der Waals surface area contributed by atoms with Gasteiger partial charge in [0.1, 0.15) is 11.5 Å². The van der Waals surface area contributed by atoms with Crippen molar-refractivity contribution in [2.24, 2.45) is 0 Å². The van der Waals surface area contributed by atoms with Crippen LogP contribution in [0.1, 0.15) is 33.3 Å². The molecule has 1 aromatic rings. The molecular formula is C15H25NO2. The fraction of sp³-hybridized carbons (Fsp3) is 0.600. The van der Waals surface area contributed by atoms with E-state index in [0.717, 1.165) is 18.0 Å². The third-order valence-electron chi connectivity index (χ3n) is 3.09. The first-order valence-electron chi connectivity index (χ1n) is 6.36. The summed E-state index contributed by atoms with van der Waals surface area (Å²) in [4.78, 5) is 0. The molecule has 3 heteroatoms. The number of rotatable bonds is 6. The normalized spacial score (nSPS) is 11.7. The fourth-order valence-electron chi connectivity index (χ4n) is 1.91. The molecule has 0 aliphatic carbocycles. The summed E-state index contributed by atoms with van der Waals surface area (Å²) in [6, 6.07) is 6.48. The number of methoxy groups -OCH3 is 2. The molecule has 0 fully saturated rings. The molecule has 0 bridgehead atoms. The lowest BCUT2D eigenvalue weighted by molar-refractivity contribution is 0.371. The van der Waals surface area contributed by atoms with E-state index in [2.05, 4.69) is 39.1 Å². The predicted molar refractivity (Wildman–Crippen MR) is 75.7 cm³/mol. The first-order chi connectivity index (χ1) is 8.40. The quantitative estimate of drug-likeness (QED) is 0.843. The Balaban J connectivity index is 2.99. The smallest absolute Gasteiger partial charge is 0.126 e. The van der Waals surface area contributed by atoms with Crippen LogP contribution in [0.4, 0.5) is 0 Å². The van der Waals surface area contributed by atoms with Crippen LogP contribution >= 0.6 is 0 Å². The predicted octanol–water partition coefficient (Wildman–Crippen LogP) is 2.98. The minimum atomic E-state index is 0.0158. The van der Waals surface area contributed by atoms with Crippen molar-refractivity contribution < 1.29 is 9.47 Å². The van der Waals surface area contributed by atoms with Gasteiger partial charge < -0.3 is 14.8 Å². The molecule has 102 valence electrons. The highest BCUT2D eigenvalue weighted by Crippen LogP contribution is 2.34. The lowest BCUT2D eigenvalue weighted by Gasteiger charge is -2.28. The molecule has 18 heavy (non-hydrogen) atoms. The summed E-state index contributed by atoms with van der Waals surface area (Å²) in [5.41, 5.74) is 1.21. The van der Waals surface area contributed by atoms with Gasteiger partial charge in [0, 0.05) is 29.6 Å². The van der Waals surface area contributed by atoms with E-state index in [0.29, 0.717) is 6.04 Å². The zero-order valence-electron chi connectivity index (χ0n) is 12.3. The molecule has 0 saturated heterocycles. The minimum Gasteiger partial charge on any atom is -0.497 e. The van der Waals surface area contributed by atoms with Gasteiger partial charge in [0.15, 0.2) is 0 Å². The van der Waals surface area contributed by atoms with Crippen molar-refractivity contribution in [3.63, 3.8) is 0 Å². The third kappa shape index (κ3) is 3.64. The zero-order chi connectivity index (χ0) is 13.8. The Bertz CT molecular complexity index is 386. The van der Waals surface area contributed by atoms with Crippen LogP contribution in [0.25, 0.3) is 0 Å².